The largest absolute Gasteiger partial charge is 0.349 e. The Morgan fingerprint density at radius 3 is 2.45 bits per heavy atom. The van der Waals surface area contributed by atoms with Crippen LogP contribution in [0, 0.1) is 0 Å². The molecule has 1 heterocycles. The summed E-state index contributed by atoms with van der Waals surface area (Å²) in [5.41, 5.74) is 2.27. The van der Waals surface area contributed by atoms with Crippen molar-refractivity contribution >= 4 is 23.4 Å². The van der Waals surface area contributed by atoms with Gasteiger partial charge in [-0.2, -0.15) is 0 Å². The molecule has 166 valence electrons. The summed E-state index contributed by atoms with van der Waals surface area (Å²) in [4.78, 5) is 29.1. The number of hydrogen-bond acceptors (Lipinski definition) is 3. The fourth-order valence-corrected chi connectivity index (χ4v) is 4.22. The minimum Gasteiger partial charge on any atom is -0.349 e. The molecule has 0 aliphatic carbocycles. The van der Waals surface area contributed by atoms with Gasteiger partial charge in [-0.25, -0.2) is 0 Å². The van der Waals surface area contributed by atoms with Gasteiger partial charge >= 0.3 is 0 Å². The van der Waals surface area contributed by atoms with E-state index < -0.39 is 0 Å². The van der Waals surface area contributed by atoms with Gasteiger partial charge in [0.25, 0.3) is 0 Å². The number of halogens is 1. The summed E-state index contributed by atoms with van der Waals surface area (Å²) in [6, 6.07) is 17.5. The van der Waals surface area contributed by atoms with Crippen molar-refractivity contribution in [3.63, 3.8) is 0 Å². The predicted molar refractivity (Wildman–Crippen MR) is 125 cm³/mol. The maximum atomic E-state index is 13.0. The molecular formula is C25H32ClN3O2. The van der Waals surface area contributed by atoms with Crippen LogP contribution >= 0.6 is 11.6 Å². The summed E-state index contributed by atoms with van der Waals surface area (Å²) >= 11 is 5.99. The van der Waals surface area contributed by atoms with Crippen LogP contribution in [0.3, 0.4) is 0 Å². The minimum atomic E-state index is -0.340. The quantitative estimate of drug-likeness (QED) is 0.671. The van der Waals surface area contributed by atoms with E-state index in [4.69, 9.17) is 11.6 Å². The van der Waals surface area contributed by atoms with Crippen LogP contribution in [0.25, 0.3) is 0 Å². The fraction of sp³-hybridized carbons (Fsp3) is 0.440. The van der Waals surface area contributed by atoms with E-state index in [-0.39, 0.29) is 24.3 Å². The lowest BCUT2D eigenvalue weighted by Gasteiger charge is -2.25. The molecule has 0 spiro atoms. The summed E-state index contributed by atoms with van der Waals surface area (Å²) in [7, 11) is 0. The first-order valence-electron chi connectivity index (χ1n) is 11.1. The number of aryl methyl sites for hydroxylation is 1. The Hall–Kier alpha value is -2.37. The zero-order chi connectivity index (χ0) is 22.1. The lowest BCUT2D eigenvalue weighted by molar-refractivity contribution is -0.131. The van der Waals surface area contributed by atoms with Crippen LogP contribution in [-0.4, -0.2) is 54.3 Å². The van der Waals surface area contributed by atoms with Gasteiger partial charge in [0.15, 0.2) is 0 Å². The van der Waals surface area contributed by atoms with Crippen molar-refractivity contribution in [2.75, 3.05) is 32.7 Å². The molecule has 6 heteroatoms. The monoisotopic (exact) mass is 441 g/mol. The molecule has 0 saturated carbocycles. The average Bonchev–Trinajstić information content (AvgIpc) is 3.00. The van der Waals surface area contributed by atoms with Gasteiger partial charge in [-0.05, 0) is 55.6 Å². The van der Waals surface area contributed by atoms with Crippen LogP contribution in [-0.2, 0) is 16.0 Å². The third-order valence-electron chi connectivity index (χ3n) is 5.75. The van der Waals surface area contributed by atoms with Gasteiger partial charge in [-0.3, -0.25) is 9.59 Å². The third-order valence-corrected chi connectivity index (χ3v) is 6.00. The second-order valence-electron chi connectivity index (χ2n) is 8.17. The first-order chi connectivity index (χ1) is 15.0. The van der Waals surface area contributed by atoms with Crippen molar-refractivity contribution in [3.05, 3.63) is 70.7 Å². The molecule has 1 fully saturated rings. The van der Waals surface area contributed by atoms with Crippen molar-refractivity contribution in [3.8, 4) is 0 Å². The molecule has 0 radical (unpaired) electrons. The van der Waals surface area contributed by atoms with E-state index in [1.54, 1.807) is 12.1 Å². The van der Waals surface area contributed by atoms with Crippen molar-refractivity contribution in [1.82, 2.24) is 15.1 Å². The smallest absolute Gasteiger partial charge is 0.225 e. The molecule has 0 bridgehead atoms. The molecule has 1 atom stereocenters. The van der Waals surface area contributed by atoms with E-state index in [9.17, 15) is 9.59 Å². The molecule has 2 aromatic carbocycles. The number of nitrogens with zero attached hydrogens (tertiary/aromatic N) is 2. The van der Waals surface area contributed by atoms with Gasteiger partial charge in [0.05, 0.1) is 12.5 Å². The SMILES string of the molecule is CC(=O)NC(CC(=O)N1CCCN(CCCc2ccccc2)CC1)c1ccc(Cl)cc1. The zero-order valence-electron chi connectivity index (χ0n) is 18.2. The Labute approximate surface area is 190 Å². The van der Waals surface area contributed by atoms with E-state index in [1.165, 1.54) is 12.5 Å². The summed E-state index contributed by atoms with van der Waals surface area (Å²) in [5.74, 6) is -0.0620. The van der Waals surface area contributed by atoms with Gasteiger partial charge in [0, 0.05) is 31.6 Å². The highest BCUT2D eigenvalue weighted by Crippen LogP contribution is 2.21. The number of nitrogens with one attached hydrogen (secondary N) is 1. The molecule has 2 amide bonds. The zero-order valence-corrected chi connectivity index (χ0v) is 19.0. The van der Waals surface area contributed by atoms with Crippen molar-refractivity contribution in [2.45, 2.75) is 38.6 Å². The number of benzene rings is 2. The molecule has 1 saturated heterocycles. The number of rotatable bonds is 8. The van der Waals surface area contributed by atoms with Crippen molar-refractivity contribution in [2.24, 2.45) is 0 Å². The normalized spacial score (nSPS) is 15.9. The standard InChI is InChI=1S/C25H32ClN3O2/c1-20(30)27-24(22-10-12-23(26)13-11-22)19-25(31)29-16-6-15-28(17-18-29)14-5-9-21-7-3-2-4-8-21/h2-4,7-8,10-13,24H,5-6,9,14-19H2,1H3,(H,27,30). The van der Waals surface area contributed by atoms with Crippen molar-refractivity contribution in [1.29, 1.82) is 0 Å². The van der Waals surface area contributed by atoms with Crippen LogP contribution in [0.1, 0.15) is 43.4 Å². The van der Waals surface area contributed by atoms with E-state index in [1.807, 2.05) is 23.1 Å². The Kier molecular flexibility index (Phi) is 8.92. The Balaban J connectivity index is 1.50. The molecule has 2 aromatic rings. The Morgan fingerprint density at radius 1 is 1.00 bits per heavy atom. The fourth-order valence-electron chi connectivity index (χ4n) is 4.09. The van der Waals surface area contributed by atoms with Crippen LogP contribution < -0.4 is 5.32 Å². The highest BCUT2D eigenvalue weighted by Gasteiger charge is 2.23. The van der Waals surface area contributed by atoms with Crippen LogP contribution in [0.5, 0.6) is 0 Å². The van der Waals surface area contributed by atoms with Crippen LogP contribution in [0.4, 0.5) is 0 Å². The van der Waals surface area contributed by atoms with Gasteiger partial charge in [-0.1, -0.05) is 54.1 Å². The highest BCUT2D eigenvalue weighted by molar-refractivity contribution is 6.30. The van der Waals surface area contributed by atoms with E-state index in [2.05, 4.69) is 34.5 Å². The Bertz CT molecular complexity index is 842. The van der Waals surface area contributed by atoms with Crippen LogP contribution in [0.15, 0.2) is 54.6 Å². The van der Waals surface area contributed by atoms with E-state index in [0.717, 1.165) is 57.5 Å². The second kappa shape index (κ2) is 11.9. The van der Waals surface area contributed by atoms with E-state index >= 15 is 0 Å². The van der Waals surface area contributed by atoms with Gasteiger partial charge in [0.2, 0.25) is 11.8 Å². The van der Waals surface area contributed by atoms with Crippen molar-refractivity contribution < 1.29 is 9.59 Å². The molecule has 0 aromatic heterocycles. The molecule has 1 N–H and O–H groups in total. The molecule has 1 aliphatic heterocycles. The predicted octanol–water partition coefficient (Wildman–Crippen LogP) is 4.07. The molecule has 31 heavy (non-hydrogen) atoms. The molecule has 3 rings (SSSR count). The molecule has 5 nitrogen and oxygen atoms in total. The highest BCUT2D eigenvalue weighted by atomic mass is 35.5. The lowest BCUT2D eigenvalue weighted by Crippen LogP contribution is -2.38. The van der Waals surface area contributed by atoms with Crippen LogP contribution in [0.2, 0.25) is 5.02 Å². The number of carbonyl (C=O) groups excluding carboxylic acids is 2. The Morgan fingerprint density at radius 2 is 1.74 bits per heavy atom. The third kappa shape index (κ3) is 7.67. The second-order valence-corrected chi connectivity index (χ2v) is 8.61. The summed E-state index contributed by atoms with van der Waals surface area (Å²) < 4.78 is 0. The van der Waals surface area contributed by atoms with Gasteiger partial charge < -0.3 is 15.1 Å². The van der Waals surface area contributed by atoms with Gasteiger partial charge in [0.1, 0.15) is 0 Å². The number of amides is 2. The summed E-state index contributed by atoms with van der Waals surface area (Å²) in [5, 5.41) is 3.55. The molecule has 1 unspecified atom stereocenters. The average molecular weight is 442 g/mol. The minimum absolute atomic E-state index is 0.0832. The first-order valence-corrected chi connectivity index (χ1v) is 11.5. The van der Waals surface area contributed by atoms with Gasteiger partial charge in [-0.15, -0.1) is 0 Å². The summed E-state index contributed by atoms with van der Waals surface area (Å²) in [6.45, 7) is 5.94. The maximum absolute atomic E-state index is 13.0. The maximum Gasteiger partial charge on any atom is 0.225 e. The molecule has 1 aliphatic rings. The van der Waals surface area contributed by atoms with E-state index in [0.29, 0.717) is 5.02 Å². The number of hydrogen-bond donors (Lipinski definition) is 1. The number of carbonyl (C=O) groups is 2. The first kappa shape index (κ1) is 23.3. The lowest BCUT2D eigenvalue weighted by atomic mass is 10.0. The summed E-state index contributed by atoms with van der Waals surface area (Å²) in [6.07, 6.45) is 3.44. The molecular weight excluding hydrogens is 410 g/mol. The topological polar surface area (TPSA) is 52.7 Å².